The minimum Gasteiger partial charge on any atom is -0.300 e. The zero-order chi connectivity index (χ0) is 6.15. The second-order valence-electron chi connectivity index (χ2n) is 1.12. The number of rotatable bonds is 0. The third-order valence-corrected chi connectivity index (χ3v) is 0.593. The molecule has 0 aromatic heterocycles. The molecule has 8 heavy (non-hydrogen) atoms. The van der Waals surface area contributed by atoms with Gasteiger partial charge in [-0.3, -0.25) is 4.89 Å². The molecule has 0 aromatic carbocycles. The summed E-state index contributed by atoms with van der Waals surface area (Å²) in [7, 11) is 0. The molecule has 1 unspecified atom stereocenters. The molecule has 0 aliphatic carbocycles. The second-order valence-corrected chi connectivity index (χ2v) is 1.12. The van der Waals surface area contributed by atoms with Gasteiger partial charge in [-0.05, 0) is 0 Å². The van der Waals surface area contributed by atoms with E-state index in [9.17, 15) is 13.2 Å². The monoisotopic (exact) mass is 126 g/mol. The summed E-state index contributed by atoms with van der Waals surface area (Å²) in [5.41, 5.74) is 0. The van der Waals surface area contributed by atoms with Crippen molar-refractivity contribution in [2.75, 3.05) is 0 Å². The first-order valence-electron chi connectivity index (χ1n) is 1.74. The molecule has 0 aromatic rings. The topological polar surface area (TPSA) is 18.5 Å². The van der Waals surface area contributed by atoms with E-state index in [0.717, 1.165) is 0 Å². The highest BCUT2D eigenvalue weighted by atomic mass is 19.2. The van der Waals surface area contributed by atoms with Crippen LogP contribution < -0.4 is 0 Å². The van der Waals surface area contributed by atoms with Crippen LogP contribution in [-0.2, 0) is 9.78 Å². The number of alkyl halides is 1. The van der Waals surface area contributed by atoms with Crippen LogP contribution in [0.1, 0.15) is 0 Å². The second kappa shape index (κ2) is 1.66. The molecule has 2 nitrogen and oxygen atoms in total. The van der Waals surface area contributed by atoms with Crippen LogP contribution in [0.25, 0.3) is 0 Å². The number of halogens is 3. The average Bonchev–Trinajstić information content (AvgIpc) is 1.98. The quantitative estimate of drug-likeness (QED) is 0.456. The molecule has 0 saturated heterocycles. The van der Waals surface area contributed by atoms with Crippen LogP contribution in [0.5, 0.6) is 0 Å². The fraction of sp³-hybridized carbons (Fsp3) is 0.333. The van der Waals surface area contributed by atoms with E-state index in [0.29, 0.717) is 0 Å². The summed E-state index contributed by atoms with van der Waals surface area (Å²) in [5.74, 6) is -1.65. The van der Waals surface area contributed by atoms with Gasteiger partial charge in [0.2, 0.25) is 5.83 Å². The van der Waals surface area contributed by atoms with E-state index in [1.54, 1.807) is 0 Å². The molecule has 0 saturated carbocycles. The van der Waals surface area contributed by atoms with E-state index in [1.807, 2.05) is 0 Å². The first kappa shape index (κ1) is 5.43. The van der Waals surface area contributed by atoms with Gasteiger partial charge in [-0.1, -0.05) is 0 Å². The van der Waals surface area contributed by atoms with E-state index in [1.165, 1.54) is 0 Å². The summed E-state index contributed by atoms with van der Waals surface area (Å²) in [5, 5.41) is 0. The molecule has 1 rings (SSSR count). The Morgan fingerprint density at radius 3 is 2.12 bits per heavy atom. The summed E-state index contributed by atoms with van der Waals surface area (Å²) in [4.78, 5) is 6.73. The van der Waals surface area contributed by atoms with Gasteiger partial charge in [-0.2, -0.15) is 8.78 Å². The zero-order valence-corrected chi connectivity index (χ0v) is 3.53. The largest absolute Gasteiger partial charge is 0.348 e. The van der Waals surface area contributed by atoms with E-state index in [2.05, 4.69) is 9.78 Å². The first-order valence-corrected chi connectivity index (χ1v) is 1.74. The molecular weight excluding hydrogens is 125 g/mol. The van der Waals surface area contributed by atoms with Gasteiger partial charge >= 0.3 is 6.01 Å². The molecule has 0 radical (unpaired) electrons. The van der Waals surface area contributed by atoms with E-state index in [-0.39, 0.29) is 0 Å². The zero-order valence-electron chi connectivity index (χ0n) is 3.53. The van der Waals surface area contributed by atoms with Crippen molar-refractivity contribution in [2.45, 2.75) is 6.36 Å². The fourth-order valence-electron chi connectivity index (χ4n) is 0.256. The molecule has 5 heteroatoms. The molecule has 0 fully saturated rings. The average molecular weight is 126 g/mol. The van der Waals surface area contributed by atoms with E-state index < -0.39 is 18.2 Å². The van der Waals surface area contributed by atoms with Crippen molar-refractivity contribution in [1.29, 1.82) is 0 Å². The lowest BCUT2D eigenvalue weighted by atomic mass is 10.6. The maximum atomic E-state index is 11.6. The molecule has 0 spiro atoms. The Morgan fingerprint density at radius 1 is 1.38 bits per heavy atom. The van der Waals surface area contributed by atoms with Crippen molar-refractivity contribution in [3.8, 4) is 0 Å². The standard InChI is InChI=1S/C3HF3O2/c4-1-2(5)7-8-3(1)6/h2H. The summed E-state index contributed by atoms with van der Waals surface area (Å²) in [6, 6.07) is -1.64. The molecule has 1 atom stereocenters. The summed E-state index contributed by atoms with van der Waals surface area (Å²) in [6.07, 6.45) is -2.39. The lowest BCUT2D eigenvalue weighted by Crippen LogP contribution is -1.95. The van der Waals surface area contributed by atoms with Crippen LogP contribution in [0.15, 0.2) is 11.8 Å². The van der Waals surface area contributed by atoms with Gasteiger partial charge in [-0.15, -0.1) is 4.89 Å². The molecule has 46 valence electrons. The summed E-state index contributed by atoms with van der Waals surface area (Å²) in [6.45, 7) is 0. The Balaban J connectivity index is 2.71. The highest BCUT2D eigenvalue weighted by Gasteiger charge is 2.29. The summed E-state index contributed by atoms with van der Waals surface area (Å²) < 4.78 is 34.6. The highest BCUT2D eigenvalue weighted by Crippen LogP contribution is 2.24. The minimum absolute atomic E-state index is 1.64. The van der Waals surface area contributed by atoms with Gasteiger partial charge in [0.05, 0.1) is 0 Å². The van der Waals surface area contributed by atoms with Gasteiger partial charge in [0.15, 0.2) is 0 Å². The maximum absolute atomic E-state index is 11.6. The predicted molar refractivity (Wildman–Crippen MR) is 16.3 cm³/mol. The van der Waals surface area contributed by atoms with Crippen molar-refractivity contribution in [3.05, 3.63) is 11.8 Å². The SMILES string of the molecule is FC1=C(F)C(F)OO1. The van der Waals surface area contributed by atoms with Crippen LogP contribution in [0.2, 0.25) is 0 Å². The maximum Gasteiger partial charge on any atom is 0.348 e. The van der Waals surface area contributed by atoms with Crippen molar-refractivity contribution in [3.63, 3.8) is 0 Å². The Morgan fingerprint density at radius 2 is 2.00 bits per heavy atom. The van der Waals surface area contributed by atoms with E-state index >= 15 is 0 Å². The molecule has 1 aliphatic rings. The number of hydrogen-bond donors (Lipinski definition) is 0. The van der Waals surface area contributed by atoms with Crippen LogP contribution in [0.4, 0.5) is 13.2 Å². The van der Waals surface area contributed by atoms with Crippen LogP contribution in [-0.4, -0.2) is 6.36 Å². The van der Waals surface area contributed by atoms with Crippen LogP contribution >= 0.6 is 0 Å². The third kappa shape index (κ3) is 0.645. The lowest BCUT2D eigenvalue weighted by Gasteiger charge is -1.88. The molecule has 0 amide bonds. The molecule has 0 N–H and O–H groups in total. The van der Waals surface area contributed by atoms with Gasteiger partial charge in [0.25, 0.3) is 6.36 Å². The van der Waals surface area contributed by atoms with Gasteiger partial charge < -0.3 is 0 Å². The van der Waals surface area contributed by atoms with Gasteiger partial charge in [0, 0.05) is 0 Å². The van der Waals surface area contributed by atoms with Crippen molar-refractivity contribution < 1.29 is 22.9 Å². The Bertz CT molecular complexity index is 132. The third-order valence-electron chi connectivity index (χ3n) is 0.593. The van der Waals surface area contributed by atoms with Crippen molar-refractivity contribution >= 4 is 0 Å². The predicted octanol–water partition coefficient (Wildman–Crippen LogP) is 1.35. The lowest BCUT2D eigenvalue weighted by molar-refractivity contribution is -0.302. The Labute approximate surface area is 42.4 Å². The first-order chi connectivity index (χ1) is 3.72. The highest BCUT2D eigenvalue weighted by molar-refractivity contribution is 4.97. The van der Waals surface area contributed by atoms with Crippen LogP contribution in [0.3, 0.4) is 0 Å². The smallest absolute Gasteiger partial charge is 0.300 e. The Hall–Kier alpha value is -0.710. The molecule has 1 heterocycles. The normalized spacial score (nSPS) is 28.6. The van der Waals surface area contributed by atoms with Gasteiger partial charge in [-0.25, -0.2) is 4.39 Å². The molecule has 0 bridgehead atoms. The minimum atomic E-state index is -2.39. The molecule has 1 aliphatic heterocycles. The Kier molecular flexibility index (Phi) is 1.13. The van der Waals surface area contributed by atoms with Crippen LogP contribution in [0, 0.1) is 0 Å². The summed E-state index contributed by atoms with van der Waals surface area (Å²) >= 11 is 0. The number of hydrogen-bond acceptors (Lipinski definition) is 2. The van der Waals surface area contributed by atoms with E-state index in [4.69, 9.17) is 0 Å². The van der Waals surface area contributed by atoms with Crippen molar-refractivity contribution in [1.82, 2.24) is 0 Å². The van der Waals surface area contributed by atoms with Gasteiger partial charge in [0.1, 0.15) is 0 Å². The fourth-order valence-corrected chi connectivity index (χ4v) is 0.256. The molecular formula is C3HF3O2. The van der Waals surface area contributed by atoms with Crippen molar-refractivity contribution in [2.24, 2.45) is 0 Å².